The number of fused-ring (bicyclic) bond motifs is 1. The first-order valence-corrected chi connectivity index (χ1v) is 16.9. The number of aromatic nitrogens is 1. The summed E-state index contributed by atoms with van der Waals surface area (Å²) < 4.78 is 54.1. The molecule has 1 aromatic heterocycles. The molecular weight excluding hydrogens is 564 g/mol. The van der Waals surface area contributed by atoms with Crippen molar-refractivity contribution in [3.05, 3.63) is 53.7 Å². The fourth-order valence-electron chi connectivity index (χ4n) is 5.48. The zero-order valence-electron chi connectivity index (χ0n) is 23.9. The molecule has 5 rings (SSSR count). The molecule has 1 saturated carbocycles. The van der Waals surface area contributed by atoms with Crippen LogP contribution in [0, 0.1) is 12.3 Å². The molecule has 3 aromatic rings. The van der Waals surface area contributed by atoms with E-state index in [4.69, 9.17) is 5.11 Å². The average Bonchev–Trinajstić information content (AvgIpc) is 3.54. The summed E-state index contributed by atoms with van der Waals surface area (Å²) in [5.41, 5.74) is 3.25. The summed E-state index contributed by atoms with van der Waals surface area (Å²) in [5, 5.41) is 12.8. The van der Waals surface area contributed by atoms with Crippen LogP contribution in [0.25, 0.3) is 10.9 Å². The predicted octanol–water partition coefficient (Wildman–Crippen LogP) is 4.29. The van der Waals surface area contributed by atoms with Gasteiger partial charge in [0.05, 0.1) is 39.6 Å². The molecule has 1 spiro atoms. The summed E-state index contributed by atoms with van der Waals surface area (Å²) in [6.45, 7) is 7.72. The number of rotatable bonds is 8. The van der Waals surface area contributed by atoms with E-state index >= 15 is 0 Å². The van der Waals surface area contributed by atoms with Crippen LogP contribution >= 0.6 is 0 Å². The Morgan fingerprint density at radius 3 is 2.22 bits per heavy atom. The minimum atomic E-state index is -3.74. The molecule has 1 aliphatic carbocycles. The van der Waals surface area contributed by atoms with Crippen molar-refractivity contribution in [2.75, 3.05) is 40.4 Å². The fraction of sp³-hybridized carbons (Fsp3) is 0.483. The lowest BCUT2D eigenvalue weighted by Gasteiger charge is -2.35. The van der Waals surface area contributed by atoms with Crippen molar-refractivity contribution in [3.8, 4) is 0 Å². The maximum absolute atomic E-state index is 13.7. The molecule has 1 amide bonds. The second-order valence-corrected chi connectivity index (χ2v) is 16.6. The van der Waals surface area contributed by atoms with Gasteiger partial charge in [-0.05, 0) is 95.2 Å². The standard InChI is InChI=1S/C29H38N4O6S2/c1-20-17-21-5-6-22(18-25(21)33(20)41(38,39)28(2,3)4)30-27(35)24-8-7-23(31-40(36,37)16-15-34)19-26(24)32-13-11-29(9-10-29)12-14-32/h5-8,17-19,31,34H,9-16H2,1-4H3,(H,30,35). The zero-order valence-corrected chi connectivity index (χ0v) is 25.5. The van der Waals surface area contributed by atoms with Crippen molar-refractivity contribution in [1.29, 1.82) is 0 Å². The van der Waals surface area contributed by atoms with Crippen LogP contribution in [0.1, 0.15) is 62.5 Å². The van der Waals surface area contributed by atoms with Crippen molar-refractivity contribution in [3.63, 3.8) is 0 Å². The SMILES string of the molecule is Cc1cc2ccc(NC(=O)c3ccc(NS(=O)(=O)CCO)cc3N3CCC4(CC3)CC4)cc2n1S(=O)(=O)C(C)(C)C. The summed E-state index contributed by atoms with van der Waals surface area (Å²) in [6, 6.07) is 11.8. The van der Waals surface area contributed by atoms with Gasteiger partial charge in [0.2, 0.25) is 20.0 Å². The number of aryl methyl sites for hydroxylation is 1. The average molecular weight is 603 g/mol. The summed E-state index contributed by atoms with van der Waals surface area (Å²) in [6.07, 6.45) is 4.49. The lowest BCUT2D eigenvalue weighted by molar-refractivity contribution is 0.102. The summed E-state index contributed by atoms with van der Waals surface area (Å²) in [4.78, 5) is 15.8. The molecule has 2 fully saturated rings. The first kappa shape index (κ1) is 29.4. The van der Waals surface area contributed by atoms with Gasteiger partial charge in [-0.15, -0.1) is 0 Å². The van der Waals surface area contributed by atoms with Gasteiger partial charge in [0.1, 0.15) is 0 Å². The Labute approximate surface area is 241 Å². The van der Waals surface area contributed by atoms with Crippen LogP contribution in [0.15, 0.2) is 42.5 Å². The number of sulfonamides is 1. The largest absolute Gasteiger partial charge is 0.395 e. The molecule has 1 aliphatic heterocycles. The van der Waals surface area contributed by atoms with E-state index in [-0.39, 0.29) is 5.91 Å². The number of carbonyl (C=O) groups excluding carboxylic acids is 1. The van der Waals surface area contributed by atoms with E-state index in [9.17, 15) is 21.6 Å². The number of piperidine rings is 1. The molecule has 1 saturated heterocycles. The molecule has 222 valence electrons. The van der Waals surface area contributed by atoms with Gasteiger partial charge >= 0.3 is 0 Å². The smallest absolute Gasteiger partial charge is 0.257 e. The van der Waals surface area contributed by atoms with Gasteiger partial charge in [-0.1, -0.05) is 6.07 Å². The Bertz CT molecular complexity index is 1710. The number of nitrogens with one attached hydrogen (secondary N) is 2. The van der Waals surface area contributed by atoms with Crippen LogP contribution in [0.5, 0.6) is 0 Å². The highest BCUT2D eigenvalue weighted by molar-refractivity contribution is 7.92. The van der Waals surface area contributed by atoms with E-state index in [2.05, 4.69) is 14.9 Å². The van der Waals surface area contributed by atoms with Crippen molar-refractivity contribution < 1.29 is 26.7 Å². The molecule has 12 heteroatoms. The third-order valence-electron chi connectivity index (χ3n) is 8.20. The number of aliphatic hydroxyl groups excluding tert-OH is 1. The second-order valence-electron chi connectivity index (χ2n) is 12.3. The lowest BCUT2D eigenvalue weighted by Crippen LogP contribution is -2.35. The number of carbonyl (C=O) groups is 1. The molecule has 0 bridgehead atoms. The topological polar surface area (TPSA) is 138 Å². The third-order valence-corrected chi connectivity index (χ3v) is 12.0. The highest BCUT2D eigenvalue weighted by Crippen LogP contribution is 2.54. The molecule has 3 N–H and O–H groups in total. The molecule has 0 atom stereocenters. The minimum Gasteiger partial charge on any atom is -0.395 e. The molecule has 2 heterocycles. The lowest BCUT2D eigenvalue weighted by atomic mass is 9.93. The molecule has 2 aliphatic rings. The van der Waals surface area contributed by atoms with Crippen LogP contribution in [0.2, 0.25) is 0 Å². The van der Waals surface area contributed by atoms with E-state index < -0.39 is 37.2 Å². The molecule has 10 nitrogen and oxygen atoms in total. The number of anilines is 3. The fourth-order valence-corrected chi connectivity index (χ4v) is 7.71. The highest BCUT2D eigenvalue weighted by atomic mass is 32.2. The van der Waals surface area contributed by atoms with Gasteiger partial charge in [0, 0.05) is 29.9 Å². The first-order valence-electron chi connectivity index (χ1n) is 13.8. The summed E-state index contributed by atoms with van der Waals surface area (Å²) in [5.74, 6) is -0.810. The molecular formula is C29H38N4O6S2. The van der Waals surface area contributed by atoms with E-state index in [1.54, 1.807) is 58.0 Å². The number of hydrogen-bond acceptors (Lipinski definition) is 7. The monoisotopic (exact) mass is 602 g/mol. The normalized spacial score (nSPS) is 17.1. The third kappa shape index (κ3) is 5.82. The van der Waals surface area contributed by atoms with E-state index in [0.717, 1.165) is 31.3 Å². The number of amides is 1. The van der Waals surface area contributed by atoms with Gasteiger partial charge in [0.15, 0.2) is 0 Å². The summed E-state index contributed by atoms with van der Waals surface area (Å²) >= 11 is 0. The molecule has 0 radical (unpaired) electrons. The Morgan fingerprint density at radius 1 is 0.951 bits per heavy atom. The quantitative estimate of drug-likeness (QED) is 0.350. The zero-order chi connectivity index (χ0) is 29.8. The Hall–Kier alpha value is -3.09. The summed E-state index contributed by atoms with van der Waals surface area (Å²) in [7, 11) is -7.45. The molecule has 41 heavy (non-hydrogen) atoms. The predicted molar refractivity (Wildman–Crippen MR) is 163 cm³/mol. The Balaban J connectivity index is 1.48. The molecule has 0 unspecified atom stereocenters. The van der Waals surface area contributed by atoms with Crippen molar-refractivity contribution >= 4 is 53.9 Å². The maximum atomic E-state index is 13.7. The number of hydrogen-bond donors (Lipinski definition) is 3. The van der Waals surface area contributed by atoms with Crippen LogP contribution in [0.3, 0.4) is 0 Å². The van der Waals surface area contributed by atoms with Crippen molar-refractivity contribution in [1.82, 2.24) is 3.97 Å². The highest BCUT2D eigenvalue weighted by Gasteiger charge is 2.44. The second kappa shape index (κ2) is 10.3. The van der Waals surface area contributed by atoms with Crippen LogP contribution in [-0.2, 0) is 20.0 Å². The van der Waals surface area contributed by atoms with E-state index in [0.29, 0.717) is 39.3 Å². The maximum Gasteiger partial charge on any atom is 0.257 e. The number of nitrogens with zero attached hydrogens (tertiary/aromatic N) is 2. The Morgan fingerprint density at radius 2 is 1.61 bits per heavy atom. The van der Waals surface area contributed by atoms with Crippen molar-refractivity contribution in [2.45, 2.75) is 58.1 Å². The van der Waals surface area contributed by atoms with Crippen LogP contribution in [0.4, 0.5) is 17.1 Å². The number of aliphatic hydroxyl groups is 1. The number of benzene rings is 2. The van der Waals surface area contributed by atoms with Gasteiger partial charge in [-0.25, -0.2) is 20.8 Å². The van der Waals surface area contributed by atoms with E-state index in [1.807, 2.05) is 6.07 Å². The van der Waals surface area contributed by atoms with Crippen LogP contribution in [-0.4, -0.2) is 62.0 Å². The van der Waals surface area contributed by atoms with Gasteiger partial charge < -0.3 is 15.3 Å². The van der Waals surface area contributed by atoms with E-state index in [1.165, 1.54) is 22.9 Å². The van der Waals surface area contributed by atoms with Gasteiger partial charge in [-0.2, -0.15) is 0 Å². The minimum absolute atomic E-state index is 0.318. The van der Waals surface area contributed by atoms with Gasteiger partial charge in [0.25, 0.3) is 5.91 Å². The molecule has 2 aromatic carbocycles. The van der Waals surface area contributed by atoms with Crippen molar-refractivity contribution in [2.24, 2.45) is 5.41 Å². The van der Waals surface area contributed by atoms with Gasteiger partial charge in [-0.3, -0.25) is 9.52 Å². The Kier molecular flexibility index (Phi) is 7.40. The first-order chi connectivity index (χ1) is 19.1. The van der Waals surface area contributed by atoms with Crippen LogP contribution < -0.4 is 14.9 Å².